The molecule has 5 rings (SSSR count). The van der Waals surface area contributed by atoms with Gasteiger partial charge in [-0.1, -0.05) is 41.9 Å². The highest BCUT2D eigenvalue weighted by atomic mass is 35.5. The maximum absolute atomic E-state index is 11.6. The van der Waals surface area contributed by atoms with Gasteiger partial charge in [-0.15, -0.1) is 0 Å². The molecule has 1 fully saturated rings. The van der Waals surface area contributed by atoms with Gasteiger partial charge in [0, 0.05) is 42.0 Å². The van der Waals surface area contributed by atoms with Crippen LogP contribution in [0, 0.1) is 5.41 Å². The van der Waals surface area contributed by atoms with Crippen molar-refractivity contribution in [1.29, 1.82) is 0 Å². The predicted octanol–water partition coefficient (Wildman–Crippen LogP) is 6.48. The Morgan fingerprint density at radius 3 is 2.60 bits per heavy atom. The Kier molecular flexibility index (Phi) is 8.31. The molecule has 40 heavy (non-hydrogen) atoms. The number of carboxylic acid groups (broad SMARTS) is 1. The predicted molar refractivity (Wildman–Crippen MR) is 157 cm³/mol. The zero-order valence-electron chi connectivity index (χ0n) is 23.2. The number of benzene rings is 2. The van der Waals surface area contributed by atoms with Crippen molar-refractivity contribution in [2.24, 2.45) is 5.41 Å². The van der Waals surface area contributed by atoms with Crippen LogP contribution in [0.5, 0.6) is 5.75 Å². The van der Waals surface area contributed by atoms with Crippen molar-refractivity contribution in [3.63, 3.8) is 0 Å². The Morgan fingerprint density at radius 2 is 1.88 bits per heavy atom. The second-order valence-corrected chi connectivity index (χ2v) is 12.0. The molecular weight excluding hydrogens is 524 g/mol. The third-order valence-electron chi connectivity index (χ3n) is 8.36. The van der Waals surface area contributed by atoms with Gasteiger partial charge in [0.25, 0.3) is 0 Å². The molecule has 0 atom stereocenters. The van der Waals surface area contributed by atoms with E-state index in [1.807, 2.05) is 42.5 Å². The van der Waals surface area contributed by atoms with Gasteiger partial charge in [0.15, 0.2) is 0 Å². The number of aliphatic carboxylic acids is 1. The topological polar surface area (TPSA) is 82.9 Å². The van der Waals surface area contributed by atoms with Crippen LogP contribution in [0.25, 0.3) is 5.57 Å². The van der Waals surface area contributed by atoms with Crippen LogP contribution in [-0.2, 0) is 23.4 Å². The Hall–Kier alpha value is -3.19. The van der Waals surface area contributed by atoms with Crippen molar-refractivity contribution in [3.05, 3.63) is 99.8 Å². The highest BCUT2D eigenvalue weighted by Gasteiger charge is 2.33. The minimum Gasteiger partial charge on any atom is -0.487 e. The largest absolute Gasteiger partial charge is 0.487 e. The summed E-state index contributed by atoms with van der Waals surface area (Å²) in [5.74, 6) is 0.0343. The number of pyridine rings is 1. The Balaban J connectivity index is 1.32. The van der Waals surface area contributed by atoms with Crippen molar-refractivity contribution < 1.29 is 19.7 Å². The minimum atomic E-state index is -0.812. The lowest BCUT2D eigenvalue weighted by molar-refractivity contribution is -0.147. The van der Waals surface area contributed by atoms with Gasteiger partial charge in [0.1, 0.15) is 12.4 Å². The summed E-state index contributed by atoms with van der Waals surface area (Å²) in [5.41, 5.74) is 4.52. The second-order valence-electron chi connectivity index (χ2n) is 11.6. The number of piperidine rings is 1. The number of carboxylic acids is 1. The Morgan fingerprint density at radius 1 is 1.12 bits per heavy atom. The minimum absolute atomic E-state index is 0.404. The summed E-state index contributed by atoms with van der Waals surface area (Å²) in [4.78, 5) is 18.6. The molecule has 0 aliphatic carbocycles. The van der Waals surface area contributed by atoms with Crippen LogP contribution in [0.15, 0.2) is 66.9 Å². The average Bonchev–Trinajstić information content (AvgIpc) is 3.10. The summed E-state index contributed by atoms with van der Waals surface area (Å²) >= 11 is 6.04. The van der Waals surface area contributed by atoms with E-state index >= 15 is 0 Å². The number of likely N-dealkylation sites (tertiary alicyclic amines) is 1. The van der Waals surface area contributed by atoms with Crippen molar-refractivity contribution in [3.8, 4) is 5.75 Å². The molecule has 2 aliphatic heterocycles. The van der Waals surface area contributed by atoms with E-state index in [-0.39, 0.29) is 0 Å². The lowest BCUT2D eigenvalue weighted by Crippen LogP contribution is -2.42. The van der Waals surface area contributed by atoms with Crippen molar-refractivity contribution in [1.82, 2.24) is 9.88 Å². The highest BCUT2D eigenvalue weighted by molar-refractivity contribution is 6.30. The summed E-state index contributed by atoms with van der Waals surface area (Å²) in [5, 5.41) is 21.5. The van der Waals surface area contributed by atoms with E-state index in [9.17, 15) is 15.0 Å². The van der Waals surface area contributed by atoms with E-state index in [1.165, 1.54) is 0 Å². The van der Waals surface area contributed by atoms with Crippen LogP contribution >= 0.6 is 11.6 Å². The molecule has 2 aromatic carbocycles. The molecule has 3 aromatic rings. The van der Waals surface area contributed by atoms with Gasteiger partial charge in [-0.25, -0.2) is 0 Å². The number of fused-ring (bicyclic) bond motifs is 2. The zero-order valence-corrected chi connectivity index (χ0v) is 24.0. The quantitative estimate of drug-likeness (QED) is 0.328. The molecule has 0 saturated carbocycles. The fourth-order valence-electron chi connectivity index (χ4n) is 5.53. The van der Waals surface area contributed by atoms with Gasteiger partial charge in [0.2, 0.25) is 0 Å². The maximum atomic E-state index is 11.6. The monoisotopic (exact) mass is 560 g/mol. The van der Waals surface area contributed by atoms with E-state index in [0.29, 0.717) is 37.3 Å². The number of aryl methyl sites for hydroxylation is 1. The average molecular weight is 561 g/mol. The van der Waals surface area contributed by atoms with Gasteiger partial charge in [-0.05, 0) is 93.0 Å². The number of aromatic nitrogens is 1. The van der Waals surface area contributed by atoms with Gasteiger partial charge in [0.05, 0.1) is 16.7 Å². The first-order valence-corrected chi connectivity index (χ1v) is 14.4. The fraction of sp³-hybridized carbons (Fsp3) is 0.394. The van der Waals surface area contributed by atoms with Crippen LogP contribution in [0.1, 0.15) is 67.5 Å². The molecule has 3 heterocycles. The van der Waals surface area contributed by atoms with E-state index in [2.05, 4.69) is 28.1 Å². The van der Waals surface area contributed by atoms with Crippen LogP contribution < -0.4 is 4.74 Å². The van der Waals surface area contributed by atoms with Crippen LogP contribution in [0.2, 0.25) is 5.02 Å². The maximum Gasteiger partial charge on any atom is 0.309 e. The van der Waals surface area contributed by atoms with E-state index in [0.717, 1.165) is 65.3 Å². The van der Waals surface area contributed by atoms with E-state index in [4.69, 9.17) is 16.3 Å². The smallest absolute Gasteiger partial charge is 0.309 e. The van der Waals surface area contributed by atoms with Crippen LogP contribution in [0.4, 0.5) is 0 Å². The van der Waals surface area contributed by atoms with Gasteiger partial charge in [-0.2, -0.15) is 0 Å². The second kappa shape index (κ2) is 11.7. The fourth-order valence-corrected chi connectivity index (χ4v) is 5.65. The molecule has 1 aromatic heterocycles. The summed E-state index contributed by atoms with van der Waals surface area (Å²) in [6.07, 6.45) is 7.51. The molecule has 0 spiro atoms. The number of hydrogen-bond acceptors (Lipinski definition) is 5. The molecule has 210 valence electrons. The third kappa shape index (κ3) is 6.25. The first-order valence-electron chi connectivity index (χ1n) is 14.0. The van der Waals surface area contributed by atoms with E-state index in [1.54, 1.807) is 20.0 Å². The summed E-state index contributed by atoms with van der Waals surface area (Å²) in [6.45, 7) is 6.48. The van der Waals surface area contributed by atoms with Crippen LogP contribution in [-0.4, -0.2) is 45.7 Å². The molecule has 0 unspecified atom stereocenters. The molecular formula is C33H37ClN2O4. The summed E-state index contributed by atoms with van der Waals surface area (Å²) in [7, 11) is 0. The zero-order chi connectivity index (χ0) is 28.3. The Bertz CT molecular complexity index is 1390. The molecule has 2 N–H and O–H groups in total. The molecule has 1 saturated heterocycles. The number of nitrogens with zero attached hydrogens (tertiary/aromatic N) is 2. The lowest BCUT2D eigenvalue weighted by Gasteiger charge is -2.38. The first-order chi connectivity index (χ1) is 19.1. The third-order valence-corrected chi connectivity index (χ3v) is 8.61. The molecule has 2 aliphatic rings. The molecule has 0 radical (unpaired) electrons. The molecule has 0 amide bonds. The molecule has 0 bridgehead atoms. The summed E-state index contributed by atoms with van der Waals surface area (Å²) < 4.78 is 6.17. The highest BCUT2D eigenvalue weighted by Crippen LogP contribution is 2.38. The lowest BCUT2D eigenvalue weighted by atomic mass is 9.84. The number of halogens is 1. The number of aliphatic hydroxyl groups is 1. The molecule has 7 heteroatoms. The van der Waals surface area contributed by atoms with Crippen molar-refractivity contribution >= 4 is 23.1 Å². The SMILES string of the molecule is CC(C)(CCc1ccc2c(c1)/C(=C/CCN1CCC(O)(c3ccc(Cl)cc3)CC1)c1cccnc1CO2)C(=O)O. The van der Waals surface area contributed by atoms with Crippen molar-refractivity contribution in [2.45, 2.75) is 58.2 Å². The normalized spacial score (nSPS) is 17.9. The number of rotatable bonds is 8. The Labute approximate surface area is 241 Å². The van der Waals surface area contributed by atoms with Gasteiger partial charge < -0.3 is 19.8 Å². The summed E-state index contributed by atoms with van der Waals surface area (Å²) in [6, 6.07) is 17.8. The van der Waals surface area contributed by atoms with Crippen molar-refractivity contribution in [2.75, 3.05) is 19.6 Å². The standard InChI is InChI=1S/C33H37ClN2O4/c1-32(2,31(37)38)14-13-23-7-12-30-28(21-23)26(27-5-3-17-35-29(27)22-40-30)6-4-18-36-19-15-33(39,16-20-36)24-8-10-25(34)11-9-24/h3,5-12,17,21,39H,4,13-16,18-20,22H2,1-2H3,(H,37,38)/b26-6+. The van der Waals surface area contributed by atoms with Gasteiger partial charge >= 0.3 is 5.97 Å². The van der Waals surface area contributed by atoms with Gasteiger partial charge in [-0.3, -0.25) is 9.78 Å². The number of carbonyl (C=O) groups is 1. The van der Waals surface area contributed by atoms with E-state index < -0.39 is 17.0 Å². The number of ether oxygens (including phenoxy) is 1. The molecule has 6 nitrogen and oxygen atoms in total. The first kappa shape index (κ1) is 28.3. The number of hydrogen-bond donors (Lipinski definition) is 2. The van der Waals surface area contributed by atoms with Crippen LogP contribution in [0.3, 0.4) is 0 Å².